The van der Waals surface area contributed by atoms with Gasteiger partial charge in [0.2, 0.25) is 0 Å². The fraction of sp³-hybridized carbons (Fsp3) is 0. The molecule has 0 spiro atoms. The zero-order chi connectivity index (χ0) is 38.4. The Balaban J connectivity index is 1.08. The van der Waals surface area contributed by atoms with Crippen molar-refractivity contribution < 1.29 is 0 Å². The summed E-state index contributed by atoms with van der Waals surface area (Å²) in [4.78, 5) is 0. The summed E-state index contributed by atoms with van der Waals surface area (Å²) in [5.41, 5.74) is 14.6. The Bertz CT molecular complexity index is 3090. The van der Waals surface area contributed by atoms with Crippen molar-refractivity contribution in [2.24, 2.45) is 0 Å². The van der Waals surface area contributed by atoms with E-state index in [9.17, 15) is 0 Å². The highest BCUT2D eigenvalue weighted by Crippen LogP contribution is 2.41. The Labute approximate surface area is 339 Å². The van der Waals surface area contributed by atoms with Crippen molar-refractivity contribution in [2.45, 2.75) is 0 Å². The van der Waals surface area contributed by atoms with Gasteiger partial charge in [0.1, 0.15) is 0 Å². The second-order valence-corrected chi connectivity index (χ2v) is 15.4. The number of fused-ring (bicyclic) bond motifs is 4. The highest BCUT2D eigenvalue weighted by atomic mass is 14.2. The summed E-state index contributed by atoms with van der Waals surface area (Å²) in [6.45, 7) is 0. The molecule has 0 radical (unpaired) electrons. The maximum absolute atomic E-state index is 2.40. The molecule has 0 aliphatic heterocycles. The SMILES string of the molecule is c1ccc(-c2cc(-c3ccc4ccccc4c3)cc(-c3cccc4cc5c(-c6cc(-c7ccccc7)cc(-c7ccc8ccccc8c7)c6)cccc5cc34)c2)cc1. The number of benzene rings is 11. The molecule has 0 unspecified atom stereocenters. The van der Waals surface area contributed by atoms with Gasteiger partial charge in [-0.3, -0.25) is 0 Å². The molecule has 0 fully saturated rings. The summed E-state index contributed by atoms with van der Waals surface area (Å²) in [5, 5.41) is 9.95. The van der Waals surface area contributed by atoms with Crippen molar-refractivity contribution in [1.29, 1.82) is 0 Å². The van der Waals surface area contributed by atoms with Gasteiger partial charge < -0.3 is 0 Å². The molecular weight excluding hydrogens is 697 g/mol. The maximum atomic E-state index is 2.40. The van der Waals surface area contributed by atoms with Crippen molar-refractivity contribution in [3.05, 3.63) is 231 Å². The highest BCUT2D eigenvalue weighted by molar-refractivity contribution is 6.10. The molecule has 0 nitrogen and oxygen atoms in total. The molecule has 0 aliphatic rings. The first-order valence-corrected chi connectivity index (χ1v) is 20.1. The summed E-state index contributed by atoms with van der Waals surface area (Å²) in [7, 11) is 0. The summed E-state index contributed by atoms with van der Waals surface area (Å²) in [6.07, 6.45) is 0. The average Bonchev–Trinajstić information content (AvgIpc) is 3.30. The number of hydrogen-bond acceptors (Lipinski definition) is 0. The molecule has 0 aliphatic carbocycles. The van der Waals surface area contributed by atoms with Crippen LogP contribution in [0.4, 0.5) is 0 Å². The summed E-state index contributed by atoms with van der Waals surface area (Å²) in [5.74, 6) is 0. The average molecular weight is 735 g/mol. The van der Waals surface area contributed by atoms with Crippen molar-refractivity contribution >= 4 is 43.1 Å². The van der Waals surface area contributed by atoms with Gasteiger partial charge in [0, 0.05) is 0 Å². The minimum atomic E-state index is 1.21. The largest absolute Gasteiger partial charge is 0.0622 e. The Hall–Kier alpha value is -7.54. The molecule has 58 heavy (non-hydrogen) atoms. The van der Waals surface area contributed by atoms with Crippen LogP contribution in [0.1, 0.15) is 0 Å². The fourth-order valence-corrected chi connectivity index (χ4v) is 8.79. The Morgan fingerprint density at radius 1 is 0.155 bits per heavy atom. The van der Waals surface area contributed by atoms with E-state index < -0.39 is 0 Å². The van der Waals surface area contributed by atoms with Gasteiger partial charge in [-0.15, -0.1) is 0 Å². The first-order valence-electron chi connectivity index (χ1n) is 20.1. The van der Waals surface area contributed by atoms with Gasteiger partial charge in [0.05, 0.1) is 0 Å². The lowest BCUT2D eigenvalue weighted by atomic mass is 9.88. The van der Waals surface area contributed by atoms with Crippen LogP contribution in [0.5, 0.6) is 0 Å². The van der Waals surface area contributed by atoms with Gasteiger partial charge in [-0.1, -0.05) is 170 Å². The molecule has 11 aromatic rings. The van der Waals surface area contributed by atoms with Gasteiger partial charge in [-0.25, -0.2) is 0 Å². The summed E-state index contributed by atoms with van der Waals surface area (Å²) >= 11 is 0. The molecule has 0 atom stereocenters. The molecule has 0 saturated heterocycles. The minimum absolute atomic E-state index is 1.21. The molecule has 0 amide bonds. The summed E-state index contributed by atoms with van der Waals surface area (Å²) < 4.78 is 0. The van der Waals surface area contributed by atoms with Crippen molar-refractivity contribution in [3.63, 3.8) is 0 Å². The third-order valence-corrected chi connectivity index (χ3v) is 11.7. The Morgan fingerprint density at radius 2 is 0.500 bits per heavy atom. The van der Waals surface area contributed by atoms with Crippen LogP contribution < -0.4 is 0 Å². The minimum Gasteiger partial charge on any atom is -0.0622 e. The molecule has 11 aromatic carbocycles. The summed E-state index contributed by atoms with van der Waals surface area (Å²) in [6, 6.07) is 84.8. The van der Waals surface area contributed by atoms with Crippen molar-refractivity contribution in [1.82, 2.24) is 0 Å². The zero-order valence-electron chi connectivity index (χ0n) is 31.9. The Morgan fingerprint density at radius 3 is 0.931 bits per heavy atom. The van der Waals surface area contributed by atoms with E-state index in [2.05, 4.69) is 231 Å². The number of rotatable bonds is 6. The Kier molecular flexibility index (Phi) is 8.26. The first kappa shape index (κ1) is 33.8. The van der Waals surface area contributed by atoms with Gasteiger partial charge >= 0.3 is 0 Å². The molecular formula is C58H38. The van der Waals surface area contributed by atoms with Gasteiger partial charge in [-0.05, 0) is 171 Å². The molecule has 0 aromatic heterocycles. The van der Waals surface area contributed by atoms with Crippen LogP contribution in [0, 0.1) is 0 Å². The van der Waals surface area contributed by atoms with E-state index >= 15 is 0 Å². The third kappa shape index (κ3) is 6.22. The van der Waals surface area contributed by atoms with Gasteiger partial charge in [0.25, 0.3) is 0 Å². The van der Waals surface area contributed by atoms with Crippen LogP contribution in [0.3, 0.4) is 0 Å². The van der Waals surface area contributed by atoms with E-state index in [1.165, 1.54) is 110 Å². The van der Waals surface area contributed by atoms with E-state index in [0.29, 0.717) is 0 Å². The lowest BCUT2D eigenvalue weighted by molar-refractivity contribution is 1.58. The second-order valence-electron chi connectivity index (χ2n) is 15.4. The van der Waals surface area contributed by atoms with E-state index in [-0.39, 0.29) is 0 Å². The maximum Gasteiger partial charge on any atom is -0.00990 e. The van der Waals surface area contributed by atoms with Crippen LogP contribution >= 0.6 is 0 Å². The van der Waals surface area contributed by atoms with Gasteiger partial charge in [-0.2, -0.15) is 0 Å². The zero-order valence-corrected chi connectivity index (χ0v) is 31.9. The van der Waals surface area contributed by atoms with Crippen LogP contribution in [-0.4, -0.2) is 0 Å². The van der Waals surface area contributed by atoms with Crippen LogP contribution in [0.15, 0.2) is 231 Å². The molecule has 0 N–H and O–H groups in total. The lowest BCUT2D eigenvalue weighted by Crippen LogP contribution is -1.89. The van der Waals surface area contributed by atoms with E-state index in [1.54, 1.807) is 0 Å². The predicted octanol–water partition coefficient (Wildman–Crippen LogP) is 16.3. The fourth-order valence-electron chi connectivity index (χ4n) is 8.79. The molecule has 0 heteroatoms. The van der Waals surface area contributed by atoms with E-state index in [4.69, 9.17) is 0 Å². The molecule has 0 bridgehead atoms. The third-order valence-electron chi connectivity index (χ3n) is 11.7. The highest BCUT2D eigenvalue weighted by Gasteiger charge is 2.14. The van der Waals surface area contributed by atoms with Gasteiger partial charge in [0.15, 0.2) is 0 Å². The van der Waals surface area contributed by atoms with E-state index in [0.717, 1.165) is 0 Å². The second kappa shape index (κ2) is 14.2. The van der Waals surface area contributed by atoms with Crippen molar-refractivity contribution in [3.8, 4) is 66.8 Å². The standard InChI is InChI=1S/C58H38/c1-3-13-39(14-4-1)49-31-51(45-27-25-41-17-7-9-19-43(41)29-45)35-53(33-49)55-23-11-21-47-38-58-48(37-57(47)55)22-12-24-56(58)54-34-50(40-15-5-2-6-16-40)32-52(36-54)46-28-26-42-18-8-10-20-44(42)30-46/h1-38H. The lowest BCUT2D eigenvalue weighted by Gasteiger charge is -2.16. The molecule has 0 heterocycles. The topological polar surface area (TPSA) is 0 Å². The smallest absolute Gasteiger partial charge is 0.00990 e. The number of hydrogen-bond donors (Lipinski definition) is 0. The molecule has 270 valence electrons. The van der Waals surface area contributed by atoms with Crippen LogP contribution in [0.25, 0.3) is 110 Å². The predicted molar refractivity (Wildman–Crippen MR) is 249 cm³/mol. The quantitative estimate of drug-likeness (QED) is 0.149. The normalized spacial score (nSPS) is 11.4. The van der Waals surface area contributed by atoms with Crippen molar-refractivity contribution in [2.75, 3.05) is 0 Å². The van der Waals surface area contributed by atoms with Crippen LogP contribution in [0.2, 0.25) is 0 Å². The molecule has 11 rings (SSSR count). The monoisotopic (exact) mass is 734 g/mol. The van der Waals surface area contributed by atoms with Crippen LogP contribution in [-0.2, 0) is 0 Å². The van der Waals surface area contributed by atoms with E-state index in [1.807, 2.05) is 0 Å². The first-order chi connectivity index (χ1) is 28.7. The molecule has 0 saturated carbocycles.